The van der Waals surface area contributed by atoms with Crippen molar-refractivity contribution in [3.8, 4) is 34.1 Å². The molecule has 6 nitrogen and oxygen atoms in total. The monoisotopic (exact) mass is 401 g/mol. The van der Waals surface area contributed by atoms with E-state index in [-0.39, 0.29) is 5.75 Å². The molecule has 0 unspecified atom stereocenters. The number of hydrogen-bond donors (Lipinski definition) is 1. The number of aromatic hydroxyl groups is 1. The molecule has 0 bridgehead atoms. The number of hydrogen-bond acceptors (Lipinski definition) is 6. The summed E-state index contributed by atoms with van der Waals surface area (Å²) in [5, 5.41) is 11.1. The third kappa shape index (κ3) is 3.22. The summed E-state index contributed by atoms with van der Waals surface area (Å²) in [6, 6.07) is 18.4. The van der Waals surface area contributed by atoms with Crippen molar-refractivity contribution in [1.82, 2.24) is 0 Å². The zero-order chi connectivity index (χ0) is 20.5. The number of fused-ring (bicyclic) bond motifs is 2. The SMILES string of the molecule is COc1ccc(-c2c(/N=C/c3ccc4c(c3)OCCO4)oc3cccc(O)c23)cc1. The fourth-order valence-electron chi connectivity index (χ4n) is 3.51. The lowest BCUT2D eigenvalue weighted by Crippen LogP contribution is -2.15. The normalized spacial score (nSPS) is 13.1. The van der Waals surface area contributed by atoms with Crippen LogP contribution in [0, 0.1) is 0 Å². The molecule has 1 N–H and O–H groups in total. The second-order valence-electron chi connectivity index (χ2n) is 6.82. The van der Waals surface area contributed by atoms with Gasteiger partial charge in [0.05, 0.1) is 18.1 Å². The van der Waals surface area contributed by atoms with Gasteiger partial charge in [-0.2, -0.15) is 0 Å². The highest BCUT2D eigenvalue weighted by atomic mass is 16.6. The number of aliphatic imine (C=N–C) groups is 1. The van der Waals surface area contributed by atoms with Crippen molar-refractivity contribution < 1.29 is 23.7 Å². The van der Waals surface area contributed by atoms with E-state index in [0.717, 1.165) is 28.2 Å². The van der Waals surface area contributed by atoms with Gasteiger partial charge in [-0.3, -0.25) is 0 Å². The van der Waals surface area contributed by atoms with Crippen LogP contribution in [0.25, 0.3) is 22.1 Å². The van der Waals surface area contributed by atoms with Gasteiger partial charge in [-0.05, 0) is 53.6 Å². The first-order chi connectivity index (χ1) is 14.7. The number of phenols is 1. The molecule has 5 rings (SSSR count). The maximum Gasteiger partial charge on any atom is 0.228 e. The van der Waals surface area contributed by atoms with E-state index in [4.69, 9.17) is 18.6 Å². The van der Waals surface area contributed by atoms with Crippen LogP contribution in [0.3, 0.4) is 0 Å². The molecule has 0 fully saturated rings. The molecule has 1 aliphatic rings. The Morgan fingerprint density at radius 3 is 2.57 bits per heavy atom. The molecule has 1 aromatic heterocycles. The molecule has 0 atom stereocenters. The molecule has 3 aromatic carbocycles. The van der Waals surface area contributed by atoms with Gasteiger partial charge in [0.25, 0.3) is 0 Å². The Bertz CT molecular complexity index is 1240. The maximum absolute atomic E-state index is 10.5. The fourth-order valence-corrected chi connectivity index (χ4v) is 3.51. The highest BCUT2D eigenvalue weighted by Crippen LogP contribution is 2.44. The van der Waals surface area contributed by atoms with Crippen molar-refractivity contribution in [2.24, 2.45) is 4.99 Å². The summed E-state index contributed by atoms with van der Waals surface area (Å²) in [5.41, 5.74) is 3.00. The molecule has 6 heteroatoms. The zero-order valence-electron chi connectivity index (χ0n) is 16.3. The van der Waals surface area contributed by atoms with Gasteiger partial charge in [0, 0.05) is 6.21 Å². The molecule has 2 heterocycles. The van der Waals surface area contributed by atoms with Crippen LogP contribution in [0.15, 0.2) is 70.1 Å². The molecule has 0 saturated carbocycles. The number of rotatable bonds is 4. The summed E-state index contributed by atoms with van der Waals surface area (Å²) in [4.78, 5) is 4.59. The molecule has 0 spiro atoms. The van der Waals surface area contributed by atoms with Crippen LogP contribution in [0.5, 0.6) is 23.0 Å². The van der Waals surface area contributed by atoms with E-state index < -0.39 is 0 Å². The van der Waals surface area contributed by atoms with E-state index in [1.807, 2.05) is 48.5 Å². The number of methoxy groups -OCH3 is 1. The van der Waals surface area contributed by atoms with Gasteiger partial charge in [0.2, 0.25) is 5.88 Å². The van der Waals surface area contributed by atoms with Crippen LogP contribution in [0.2, 0.25) is 0 Å². The van der Waals surface area contributed by atoms with Gasteiger partial charge >= 0.3 is 0 Å². The first-order valence-corrected chi connectivity index (χ1v) is 9.55. The smallest absolute Gasteiger partial charge is 0.228 e. The molecule has 0 saturated heterocycles. The second-order valence-corrected chi connectivity index (χ2v) is 6.82. The van der Waals surface area contributed by atoms with Gasteiger partial charge in [-0.25, -0.2) is 4.99 Å². The van der Waals surface area contributed by atoms with Crippen molar-refractivity contribution in [3.63, 3.8) is 0 Å². The van der Waals surface area contributed by atoms with Crippen LogP contribution in [0.4, 0.5) is 5.88 Å². The van der Waals surface area contributed by atoms with Crippen molar-refractivity contribution >= 4 is 23.1 Å². The summed E-state index contributed by atoms with van der Waals surface area (Å²) < 4.78 is 22.4. The van der Waals surface area contributed by atoms with E-state index in [9.17, 15) is 5.11 Å². The van der Waals surface area contributed by atoms with Crippen LogP contribution < -0.4 is 14.2 Å². The number of furan rings is 1. The topological polar surface area (TPSA) is 73.4 Å². The summed E-state index contributed by atoms with van der Waals surface area (Å²) >= 11 is 0. The van der Waals surface area contributed by atoms with Gasteiger partial charge < -0.3 is 23.7 Å². The van der Waals surface area contributed by atoms with Crippen molar-refractivity contribution in [1.29, 1.82) is 0 Å². The maximum atomic E-state index is 10.5. The lowest BCUT2D eigenvalue weighted by Gasteiger charge is -2.18. The Hall–Kier alpha value is -3.93. The lowest BCUT2D eigenvalue weighted by molar-refractivity contribution is 0.171. The first kappa shape index (κ1) is 18.1. The minimum Gasteiger partial charge on any atom is -0.507 e. The summed E-state index contributed by atoms with van der Waals surface area (Å²) in [5.74, 6) is 2.72. The molecule has 4 aromatic rings. The van der Waals surface area contributed by atoms with Crippen LogP contribution in [-0.2, 0) is 0 Å². The van der Waals surface area contributed by atoms with Gasteiger partial charge in [-0.1, -0.05) is 18.2 Å². The third-order valence-corrected chi connectivity index (χ3v) is 4.95. The van der Waals surface area contributed by atoms with Crippen molar-refractivity contribution in [2.75, 3.05) is 20.3 Å². The standard InChI is InChI=1S/C24H19NO5/c1-27-17-8-6-16(7-9-17)22-23-18(26)3-2-4-20(23)30-24(22)25-14-15-5-10-19-21(13-15)29-12-11-28-19/h2-10,13-14,26H,11-12H2,1H3/b25-14+. The van der Waals surface area contributed by atoms with E-state index in [0.29, 0.717) is 35.8 Å². The fraction of sp³-hybridized carbons (Fsp3) is 0.125. The predicted molar refractivity (Wildman–Crippen MR) is 115 cm³/mol. The Kier molecular flexibility index (Phi) is 4.52. The Balaban J connectivity index is 1.60. The number of phenolic OH excluding ortho intramolecular Hbond substituents is 1. The Morgan fingerprint density at radius 1 is 0.967 bits per heavy atom. The van der Waals surface area contributed by atoms with Crippen LogP contribution in [0.1, 0.15) is 5.56 Å². The summed E-state index contributed by atoms with van der Waals surface area (Å²) in [6.07, 6.45) is 1.71. The number of benzene rings is 3. The van der Waals surface area contributed by atoms with E-state index in [2.05, 4.69) is 4.99 Å². The summed E-state index contributed by atoms with van der Waals surface area (Å²) in [7, 11) is 1.62. The summed E-state index contributed by atoms with van der Waals surface area (Å²) in [6.45, 7) is 1.08. The van der Waals surface area contributed by atoms with E-state index in [1.165, 1.54) is 0 Å². The molecule has 30 heavy (non-hydrogen) atoms. The highest BCUT2D eigenvalue weighted by molar-refractivity contribution is 6.04. The molecule has 0 aliphatic carbocycles. The second kappa shape index (κ2) is 7.48. The van der Waals surface area contributed by atoms with Crippen molar-refractivity contribution in [2.45, 2.75) is 0 Å². The average molecular weight is 401 g/mol. The molecular weight excluding hydrogens is 382 g/mol. The molecular formula is C24H19NO5. The third-order valence-electron chi connectivity index (χ3n) is 4.95. The van der Waals surface area contributed by atoms with Gasteiger partial charge in [0.15, 0.2) is 11.5 Å². The molecule has 1 aliphatic heterocycles. The van der Waals surface area contributed by atoms with Gasteiger partial charge in [0.1, 0.15) is 30.3 Å². The van der Waals surface area contributed by atoms with Crippen molar-refractivity contribution in [3.05, 3.63) is 66.2 Å². The Morgan fingerprint density at radius 2 is 1.77 bits per heavy atom. The van der Waals surface area contributed by atoms with E-state index in [1.54, 1.807) is 25.5 Å². The minimum absolute atomic E-state index is 0.142. The predicted octanol–water partition coefficient (Wildman–Crippen LogP) is 5.34. The Labute approximate surface area is 173 Å². The minimum atomic E-state index is 0.142. The molecule has 150 valence electrons. The van der Waals surface area contributed by atoms with E-state index >= 15 is 0 Å². The molecule has 0 radical (unpaired) electrons. The number of nitrogens with zero attached hydrogens (tertiary/aromatic N) is 1. The zero-order valence-corrected chi connectivity index (χ0v) is 16.3. The average Bonchev–Trinajstić information content (AvgIpc) is 3.17. The quantitative estimate of drug-likeness (QED) is 0.468. The lowest BCUT2D eigenvalue weighted by atomic mass is 10.0. The number of ether oxygens (including phenoxy) is 3. The molecule has 0 amide bonds. The largest absolute Gasteiger partial charge is 0.507 e. The van der Waals surface area contributed by atoms with Crippen LogP contribution in [-0.4, -0.2) is 31.6 Å². The first-order valence-electron chi connectivity index (χ1n) is 9.55. The van der Waals surface area contributed by atoms with Gasteiger partial charge in [-0.15, -0.1) is 0 Å². The highest BCUT2D eigenvalue weighted by Gasteiger charge is 2.19. The van der Waals surface area contributed by atoms with Crippen LogP contribution >= 0.6 is 0 Å².